The van der Waals surface area contributed by atoms with Gasteiger partial charge in [-0.25, -0.2) is 0 Å². The van der Waals surface area contributed by atoms with Gasteiger partial charge in [0, 0.05) is 16.1 Å². The third-order valence-electron chi connectivity index (χ3n) is 2.02. The number of halogens is 2. The summed E-state index contributed by atoms with van der Waals surface area (Å²) in [4.78, 5) is 0. The van der Waals surface area contributed by atoms with E-state index >= 15 is 0 Å². The molecule has 0 aliphatic carbocycles. The summed E-state index contributed by atoms with van der Waals surface area (Å²) >= 11 is 11.8. The molecule has 0 bridgehead atoms. The van der Waals surface area contributed by atoms with Crippen molar-refractivity contribution in [1.82, 2.24) is 0 Å². The SMILES string of the molecule is CC[C@@H](N)Cc1ccc(Cl)cc1Cl. The van der Waals surface area contributed by atoms with Gasteiger partial charge in [-0.15, -0.1) is 0 Å². The fraction of sp³-hybridized carbons (Fsp3) is 0.400. The fourth-order valence-electron chi connectivity index (χ4n) is 1.11. The largest absolute Gasteiger partial charge is 0.327 e. The minimum absolute atomic E-state index is 0.179. The predicted molar refractivity (Wildman–Crippen MR) is 58.4 cm³/mol. The second-order valence-electron chi connectivity index (χ2n) is 3.11. The Hall–Kier alpha value is -0.240. The molecule has 0 radical (unpaired) electrons. The molecule has 0 fully saturated rings. The van der Waals surface area contributed by atoms with Crippen LogP contribution in [0.4, 0.5) is 0 Å². The highest BCUT2D eigenvalue weighted by atomic mass is 35.5. The first-order valence-corrected chi connectivity index (χ1v) is 5.08. The maximum absolute atomic E-state index is 5.99. The van der Waals surface area contributed by atoms with Gasteiger partial charge in [0.05, 0.1) is 0 Å². The maximum Gasteiger partial charge on any atom is 0.0453 e. The molecule has 0 aromatic heterocycles. The molecule has 2 N–H and O–H groups in total. The highest BCUT2D eigenvalue weighted by Gasteiger charge is 2.05. The van der Waals surface area contributed by atoms with Crippen LogP contribution in [0.3, 0.4) is 0 Å². The van der Waals surface area contributed by atoms with E-state index in [1.807, 2.05) is 12.1 Å². The van der Waals surface area contributed by atoms with Crippen LogP contribution in [0.15, 0.2) is 18.2 Å². The second-order valence-corrected chi connectivity index (χ2v) is 3.95. The Morgan fingerprint density at radius 3 is 2.62 bits per heavy atom. The summed E-state index contributed by atoms with van der Waals surface area (Å²) in [6.07, 6.45) is 1.77. The molecule has 0 saturated carbocycles. The molecule has 1 nitrogen and oxygen atoms in total. The lowest BCUT2D eigenvalue weighted by atomic mass is 10.1. The van der Waals surface area contributed by atoms with E-state index in [-0.39, 0.29) is 6.04 Å². The minimum Gasteiger partial charge on any atom is -0.327 e. The van der Waals surface area contributed by atoms with Crippen LogP contribution in [-0.4, -0.2) is 6.04 Å². The Bertz CT molecular complexity index is 286. The highest BCUT2D eigenvalue weighted by molar-refractivity contribution is 6.35. The van der Waals surface area contributed by atoms with Crippen LogP contribution in [0.25, 0.3) is 0 Å². The summed E-state index contributed by atoms with van der Waals surface area (Å²) in [5.41, 5.74) is 6.89. The van der Waals surface area contributed by atoms with Crippen molar-refractivity contribution in [3.05, 3.63) is 33.8 Å². The standard InChI is InChI=1S/C10H13Cl2N/c1-2-9(13)5-7-3-4-8(11)6-10(7)12/h3-4,6,9H,2,5,13H2,1H3/t9-/m1/s1. The predicted octanol–water partition coefficient (Wildman–Crippen LogP) is 3.27. The maximum atomic E-state index is 5.99. The lowest BCUT2D eigenvalue weighted by molar-refractivity contribution is 0.646. The van der Waals surface area contributed by atoms with Crippen LogP contribution in [0.5, 0.6) is 0 Å². The smallest absolute Gasteiger partial charge is 0.0453 e. The Kier molecular flexibility index (Phi) is 4.04. The number of hydrogen-bond donors (Lipinski definition) is 1. The van der Waals surface area contributed by atoms with E-state index in [1.54, 1.807) is 6.07 Å². The zero-order chi connectivity index (χ0) is 9.84. The summed E-state index contributed by atoms with van der Waals surface area (Å²) in [5.74, 6) is 0. The minimum atomic E-state index is 0.179. The zero-order valence-corrected chi connectivity index (χ0v) is 9.07. The van der Waals surface area contributed by atoms with Crippen LogP contribution in [0.2, 0.25) is 10.0 Å². The van der Waals surface area contributed by atoms with Gasteiger partial charge in [-0.05, 0) is 30.5 Å². The van der Waals surface area contributed by atoms with Gasteiger partial charge in [0.25, 0.3) is 0 Å². The van der Waals surface area contributed by atoms with Gasteiger partial charge in [-0.2, -0.15) is 0 Å². The van der Waals surface area contributed by atoms with Crippen LogP contribution in [-0.2, 0) is 6.42 Å². The Labute approximate surface area is 88.8 Å². The van der Waals surface area contributed by atoms with Crippen molar-refractivity contribution in [2.75, 3.05) is 0 Å². The van der Waals surface area contributed by atoms with Gasteiger partial charge >= 0.3 is 0 Å². The van der Waals surface area contributed by atoms with Gasteiger partial charge in [-0.3, -0.25) is 0 Å². The number of nitrogens with two attached hydrogens (primary N) is 1. The fourth-order valence-corrected chi connectivity index (χ4v) is 1.60. The van der Waals surface area contributed by atoms with Crippen molar-refractivity contribution in [2.45, 2.75) is 25.8 Å². The molecule has 1 atom stereocenters. The van der Waals surface area contributed by atoms with Crippen LogP contribution in [0, 0.1) is 0 Å². The van der Waals surface area contributed by atoms with Crippen molar-refractivity contribution < 1.29 is 0 Å². The summed E-state index contributed by atoms with van der Waals surface area (Å²) in [6, 6.07) is 5.70. The van der Waals surface area contributed by atoms with E-state index in [4.69, 9.17) is 28.9 Å². The molecule has 1 aromatic carbocycles. The second kappa shape index (κ2) is 4.85. The molecule has 0 saturated heterocycles. The van der Waals surface area contributed by atoms with Gasteiger partial charge in [0.15, 0.2) is 0 Å². The van der Waals surface area contributed by atoms with E-state index in [0.29, 0.717) is 10.0 Å². The summed E-state index contributed by atoms with van der Waals surface area (Å²) < 4.78 is 0. The summed E-state index contributed by atoms with van der Waals surface area (Å²) in [5, 5.41) is 1.37. The monoisotopic (exact) mass is 217 g/mol. The molecule has 0 unspecified atom stereocenters. The van der Waals surface area contributed by atoms with Gasteiger partial charge in [-0.1, -0.05) is 36.2 Å². The van der Waals surface area contributed by atoms with Gasteiger partial charge in [0.1, 0.15) is 0 Å². The first-order valence-electron chi connectivity index (χ1n) is 4.33. The molecule has 1 aromatic rings. The van der Waals surface area contributed by atoms with E-state index < -0.39 is 0 Å². The zero-order valence-electron chi connectivity index (χ0n) is 7.56. The average molecular weight is 218 g/mol. The Balaban J connectivity index is 2.77. The lowest BCUT2D eigenvalue weighted by Gasteiger charge is -2.09. The highest BCUT2D eigenvalue weighted by Crippen LogP contribution is 2.22. The third-order valence-corrected chi connectivity index (χ3v) is 2.61. The normalized spacial score (nSPS) is 12.9. The first kappa shape index (κ1) is 10.8. The van der Waals surface area contributed by atoms with Gasteiger partial charge < -0.3 is 5.73 Å². The molecule has 0 heterocycles. The molecular weight excluding hydrogens is 205 g/mol. The van der Waals surface area contributed by atoms with E-state index in [0.717, 1.165) is 18.4 Å². The Morgan fingerprint density at radius 1 is 1.38 bits per heavy atom. The van der Waals surface area contributed by atoms with E-state index in [1.165, 1.54) is 0 Å². The van der Waals surface area contributed by atoms with E-state index in [9.17, 15) is 0 Å². The van der Waals surface area contributed by atoms with Crippen molar-refractivity contribution in [3.63, 3.8) is 0 Å². The summed E-state index contributed by atoms with van der Waals surface area (Å²) in [7, 11) is 0. The summed E-state index contributed by atoms with van der Waals surface area (Å²) in [6.45, 7) is 2.06. The molecule has 72 valence electrons. The molecule has 0 aliphatic heterocycles. The number of benzene rings is 1. The van der Waals surface area contributed by atoms with Crippen LogP contribution >= 0.6 is 23.2 Å². The first-order chi connectivity index (χ1) is 6.13. The molecular formula is C10H13Cl2N. The quantitative estimate of drug-likeness (QED) is 0.827. The van der Waals surface area contributed by atoms with Crippen LogP contribution < -0.4 is 5.73 Å². The molecule has 0 spiro atoms. The van der Waals surface area contributed by atoms with Crippen LogP contribution in [0.1, 0.15) is 18.9 Å². The molecule has 1 rings (SSSR count). The van der Waals surface area contributed by atoms with Crippen molar-refractivity contribution in [1.29, 1.82) is 0 Å². The number of rotatable bonds is 3. The molecule has 0 aliphatic rings. The molecule has 13 heavy (non-hydrogen) atoms. The van der Waals surface area contributed by atoms with Crippen molar-refractivity contribution >= 4 is 23.2 Å². The van der Waals surface area contributed by atoms with Crippen molar-refractivity contribution in [3.8, 4) is 0 Å². The molecule has 0 amide bonds. The average Bonchev–Trinajstić information content (AvgIpc) is 2.09. The van der Waals surface area contributed by atoms with E-state index in [2.05, 4.69) is 6.92 Å². The van der Waals surface area contributed by atoms with Crippen molar-refractivity contribution in [2.24, 2.45) is 5.73 Å². The van der Waals surface area contributed by atoms with Gasteiger partial charge in [0.2, 0.25) is 0 Å². The third kappa shape index (κ3) is 3.18. The Morgan fingerprint density at radius 2 is 2.08 bits per heavy atom. The topological polar surface area (TPSA) is 26.0 Å². The molecule has 3 heteroatoms. The number of hydrogen-bond acceptors (Lipinski definition) is 1. The lowest BCUT2D eigenvalue weighted by Crippen LogP contribution is -2.21.